The molecule has 0 unspecified atom stereocenters. The van der Waals surface area contributed by atoms with E-state index in [9.17, 15) is 31.1 Å². The average molecular weight is 422 g/mol. The number of benzene rings is 2. The number of nitrogens with zero attached hydrogens (tertiary/aromatic N) is 2. The van der Waals surface area contributed by atoms with Gasteiger partial charge in [0.05, 0.1) is 17.8 Å². The van der Waals surface area contributed by atoms with Crippen molar-refractivity contribution in [2.45, 2.75) is 19.6 Å². The SMILES string of the molecule is Cc1cccc(-c2cc(C(F)(F)F)c(C#N)c(=O)n2Cc2cc(F)cc(F)c2F)c1. The van der Waals surface area contributed by atoms with E-state index < -0.39 is 52.4 Å². The van der Waals surface area contributed by atoms with Crippen LogP contribution in [0.25, 0.3) is 11.3 Å². The molecule has 3 nitrogen and oxygen atoms in total. The lowest BCUT2D eigenvalue weighted by Crippen LogP contribution is -2.29. The van der Waals surface area contributed by atoms with Crippen molar-refractivity contribution >= 4 is 0 Å². The second kappa shape index (κ2) is 7.71. The first-order valence-electron chi connectivity index (χ1n) is 8.48. The van der Waals surface area contributed by atoms with E-state index >= 15 is 0 Å². The highest BCUT2D eigenvalue weighted by Gasteiger charge is 2.36. The number of aromatic nitrogens is 1. The van der Waals surface area contributed by atoms with Gasteiger partial charge in [-0.2, -0.15) is 18.4 Å². The van der Waals surface area contributed by atoms with Gasteiger partial charge in [-0.1, -0.05) is 23.8 Å². The number of hydrogen-bond acceptors (Lipinski definition) is 2. The van der Waals surface area contributed by atoms with Crippen LogP contribution in [0.3, 0.4) is 0 Å². The van der Waals surface area contributed by atoms with E-state index in [0.29, 0.717) is 28.3 Å². The Labute approximate surface area is 166 Å². The van der Waals surface area contributed by atoms with E-state index in [0.717, 1.165) is 0 Å². The van der Waals surface area contributed by atoms with Crippen molar-refractivity contribution in [2.24, 2.45) is 0 Å². The lowest BCUT2D eigenvalue weighted by atomic mass is 10.0. The Bertz CT molecular complexity index is 1240. The number of alkyl halides is 3. The van der Waals surface area contributed by atoms with Crippen molar-refractivity contribution in [3.05, 3.63) is 92.5 Å². The quantitative estimate of drug-likeness (QED) is 0.431. The fourth-order valence-corrected chi connectivity index (χ4v) is 3.07. The third kappa shape index (κ3) is 3.94. The van der Waals surface area contributed by atoms with Gasteiger partial charge >= 0.3 is 6.18 Å². The van der Waals surface area contributed by atoms with Crippen LogP contribution in [0, 0.1) is 35.7 Å². The molecule has 0 radical (unpaired) electrons. The zero-order valence-electron chi connectivity index (χ0n) is 15.3. The Morgan fingerprint density at radius 1 is 1.07 bits per heavy atom. The molecule has 2 aromatic carbocycles. The molecule has 30 heavy (non-hydrogen) atoms. The van der Waals surface area contributed by atoms with Gasteiger partial charge in [0.2, 0.25) is 0 Å². The Kier molecular flexibility index (Phi) is 5.44. The van der Waals surface area contributed by atoms with E-state index in [2.05, 4.69) is 0 Å². The summed E-state index contributed by atoms with van der Waals surface area (Å²) in [5.41, 5.74) is -4.03. The molecule has 154 valence electrons. The minimum absolute atomic E-state index is 0.180. The molecule has 0 amide bonds. The molecule has 1 aromatic heterocycles. The molecule has 0 N–H and O–H groups in total. The fourth-order valence-electron chi connectivity index (χ4n) is 3.07. The molecule has 0 saturated carbocycles. The van der Waals surface area contributed by atoms with Crippen LogP contribution in [0.2, 0.25) is 0 Å². The lowest BCUT2D eigenvalue weighted by molar-refractivity contribution is -0.137. The summed E-state index contributed by atoms with van der Waals surface area (Å²) in [6, 6.07) is 8.88. The van der Waals surface area contributed by atoms with E-state index in [1.807, 2.05) is 0 Å². The molecule has 0 aliphatic carbocycles. The van der Waals surface area contributed by atoms with Crippen molar-refractivity contribution in [1.29, 1.82) is 5.26 Å². The van der Waals surface area contributed by atoms with Crippen LogP contribution in [-0.2, 0) is 12.7 Å². The minimum Gasteiger partial charge on any atom is -0.303 e. The van der Waals surface area contributed by atoms with Crippen LogP contribution < -0.4 is 5.56 Å². The molecule has 0 atom stereocenters. The normalized spacial score (nSPS) is 11.4. The first-order chi connectivity index (χ1) is 14.0. The molecule has 1 heterocycles. The Morgan fingerprint density at radius 3 is 2.37 bits per heavy atom. The zero-order valence-corrected chi connectivity index (χ0v) is 15.3. The third-order valence-electron chi connectivity index (χ3n) is 4.43. The highest BCUT2D eigenvalue weighted by atomic mass is 19.4. The molecule has 9 heteroatoms. The van der Waals surface area contributed by atoms with Gasteiger partial charge in [-0.3, -0.25) is 4.79 Å². The number of hydrogen-bond donors (Lipinski definition) is 0. The molecule has 3 rings (SSSR count). The molecule has 0 spiro atoms. The topological polar surface area (TPSA) is 45.8 Å². The third-order valence-corrected chi connectivity index (χ3v) is 4.43. The van der Waals surface area contributed by atoms with Crippen LogP contribution in [0.1, 0.15) is 22.3 Å². The Balaban J connectivity index is 2.36. The maximum Gasteiger partial charge on any atom is 0.417 e. The second-order valence-corrected chi connectivity index (χ2v) is 6.55. The standard InChI is InChI=1S/C21H12F6N2O/c1-11-3-2-4-12(5-11)18-8-16(21(25,26)27)15(9-28)20(30)29(18)10-13-6-14(22)7-17(23)19(13)24/h2-8H,10H2,1H3. The summed E-state index contributed by atoms with van der Waals surface area (Å²) in [7, 11) is 0. The van der Waals surface area contributed by atoms with Crippen molar-refractivity contribution in [3.63, 3.8) is 0 Å². The van der Waals surface area contributed by atoms with E-state index in [4.69, 9.17) is 5.26 Å². The van der Waals surface area contributed by atoms with Crippen molar-refractivity contribution < 1.29 is 26.3 Å². The van der Waals surface area contributed by atoms with E-state index in [1.54, 1.807) is 13.0 Å². The van der Waals surface area contributed by atoms with Gasteiger partial charge in [-0.05, 0) is 30.7 Å². The fraction of sp³-hybridized carbons (Fsp3) is 0.143. The van der Waals surface area contributed by atoms with E-state index in [-0.39, 0.29) is 11.3 Å². The smallest absolute Gasteiger partial charge is 0.303 e. The second-order valence-electron chi connectivity index (χ2n) is 6.55. The van der Waals surface area contributed by atoms with Gasteiger partial charge in [0, 0.05) is 11.6 Å². The summed E-state index contributed by atoms with van der Waals surface area (Å²) in [5.74, 6) is -4.08. The van der Waals surface area contributed by atoms with Crippen molar-refractivity contribution in [2.75, 3.05) is 0 Å². The largest absolute Gasteiger partial charge is 0.417 e. The van der Waals surface area contributed by atoms with Gasteiger partial charge in [-0.25, -0.2) is 13.2 Å². The molecule has 0 aliphatic rings. The Morgan fingerprint density at radius 2 is 1.77 bits per heavy atom. The maximum atomic E-state index is 14.1. The zero-order chi connectivity index (χ0) is 22.2. The summed E-state index contributed by atoms with van der Waals surface area (Å²) in [4.78, 5) is 12.8. The predicted molar refractivity (Wildman–Crippen MR) is 96.0 cm³/mol. The maximum absolute atomic E-state index is 14.1. The lowest BCUT2D eigenvalue weighted by Gasteiger charge is -2.18. The highest BCUT2D eigenvalue weighted by Crippen LogP contribution is 2.34. The number of pyridine rings is 1. The average Bonchev–Trinajstić information content (AvgIpc) is 2.65. The first-order valence-corrected chi connectivity index (χ1v) is 8.48. The van der Waals surface area contributed by atoms with Gasteiger partial charge in [0.15, 0.2) is 11.6 Å². The van der Waals surface area contributed by atoms with Gasteiger partial charge in [0.25, 0.3) is 5.56 Å². The van der Waals surface area contributed by atoms with E-state index in [1.165, 1.54) is 24.3 Å². The van der Waals surface area contributed by atoms with Crippen LogP contribution in [0.15, 0.2) is 47.3 Å². The summed E-state index contributed by atoms with van der Waals surface area (Å²) >= 11 is 0. The molecule has 0 aliphatic heterocycles. The number of rotatable bonds is 3. The summed E-state index contributed by atoms with van der Waals surface area (Å²) in [6.07, 6.45) is -5.00. The monoisotopic (exact) mass is 422 g/mol. The highest BCUT2D eigenvalue weighted by molar-refractivity contribution is 5.63. The van der Waals surface area contributed by atoms with Crippen LogP contribution >= 0.6 is 0 Å². The predicted octanol–water partition coefficient (Wildman–Crippen LogP) is 5.18. The van der Waals surface area contributed by atoms with Gasteiger partial charge in [0.1, 0.15) is 17.4 Å². The molecular weight excluding hydrogens is 410 g/mol. The van der Waals surface area contributed by atoms with Crippen molar-refractivity contribution in [1.82, 2.24) is 4.57 Å². The molecule has 0 saturated heterocycles. The molecule has 0 fully saturated rings. The number of halogens is 6. The summed E-state index contributed by atoms with van der Waals surface area (Å²) < 4.78 is 82.4. The van der Waals surface area contributed by atoms with Crippen molar-refractivity contribution in [3.8, 4) is 17.3 Å². The van der Waals surface area contributed by atoms with Gasteiger partial charge < -0.3 is 4.57 Å². The number of nitriles is 1. The molecular formula is C21H12F6N2O. The van der Waals surface area contributed by atoms with Crippen LogP contribution in [0.5, 0.6) is 0 Å². The van der Waals surface area contributed by atoms with Crippen LogP contribution in [-0.4, -0.2) is 4.57 Å². The Hall–Kier alpha value is -3.54. The van der Waals surface area contributed by atoms with Gasteiger partial charge in [-0.15, -0.1) is 0 Å². The first kappa shape index (κ1) is 21.2. The summed E-state index contributed by atoms with van der Waals surface area (Å²) in [6.45, 7) is 0.886. The number of aryl methyl sites for hydroxylation is 1. The molecule has 3 aromatic rings. The minimum atomic E-state index is -5.00. The van der Waals surface area contributed by atoms with Crippen LogP contribution in [0.4, 0.5) is 26.3 Å². The molecule has 0 bridgehead atoms. The summed E-state index contributed by atoms with van der Waals surface area (Å²) in [5, 5.41) is 9.14.